The SMILES string of the molecule is O=C(O)CC(CC(=O)O)C(=O)O.O=S(=O)(O)c1ccccc1. The lowest BCUT2D eigenvalue weighted by atomic mass is 10.0. The first-order valence-electron chi connectivity index (χ1n) is 5.73. The normalized spacial score (nSPS) is 10.5. The molecule has 10 heteroatoms. The zero-order chi connectivity index (χ0) is 17.3. The van der Waals surface area contributed by atoms with E-state index in [1.807, 2.05) is 0 Å². The predicted octanol–water partition coefficient (Wildman–Crippen LogP) is 0.570. The van der Waals surface area contributed by atoms with Crippen molar-refractivity contribution in [2.45, 2.75) is 17.7 Å². The van der Waals surface area contributed by atoms with E-state index in [0.29, 0.717) is 0 Å². The Morgan fingerprint density at radius 3 is 1.55 bits per heavy atom. The molecule has 0 bridgehead atoms. The fourth-order valence-electron chi connectivity index (χ4n) is 1.26. The van der Waals surface area contributed by atoms with Crippen molar-refractivity contribution in [2.24, 2.45) is 5.92 Å². The van der Waals surface area contributed by atoms with Gasteiger partial charge in [0, 0.05) is 0 Å². The molecular formula is C12H14O9S. The summed E-state index contributed by atoms with van der Waals surface area (Å²) in [7, 11) is -4.00. The van der Waals surface area contributed by atoms with Crippen molar-refractivity contribution in [2.75, 3.05) is 0 Å². The molecule has 0 atom stereocenters. The predicted molar refractivity (Wildman–Crippen MR) is 71.9 cm³/mol. The maximum Gasteiger partial charge on any atom is 0.307 e. The average molecular weight is 334 g/mol. The summed E-state index contributed by atoms with van der Waals surface area (Å²) in [5.74, 6) is -5.38. The number of hydrogen-bond donors (Lipinski definition) is 4. The Kier molecular flexibility index (Phi) is 7.77. The largest absolute Gasteiger partial charge is 0.481 e. The molecule has 9 nitrogen and oxygen atoms in total. The van der Waals surface area contributed by atoms with Crippen LogP contribution in [0.2, 0.25) is 0 Å². The molecule has 0 aliphatic heterocycles. The van der Waals surface area contributed by atoms with Gasteiger partial charge in [0.15, 0.2) is 0 Å². The number of rotatable bonds is 6. The first kappa shape index (κ1) is 19.5. The third kappa shape index (κ3) is 8.66. The minimum absolute atomic E-state index is 0.0741. The van der Waals surface area contributed by atoms with Crippen molar-refractivity contribution in [3.05, 3.63) is 30.3 Å². The fourth-order valence-corrected chi connectivity index (χ4v) is 1.76. The van der Waals surface area contributed by atoms with Crippen LogP contribution in [-0.4, -0.2) is 46.2 Å². The van der Waals surface area contributed by atoms with Crippen LogP contribution in [0.5, 0.6) is 0 Å². The Bertz CT molecular complexity index is 605. The second-order valence-corrected chi connectivity index (χ2v) is 5.44. The lowest BCUT2D eigenvalue weighted by Gasteiger charge is -2.04. The molecule has 4 N–H and O–H groups in total. The van der Waals surface area contributed by atoms with Crippen LogP contribution in [0.15, 0.2) is 35.2 Å². The van der Waals surface area contributed by atoms with E-state index >= 15 is 0 Å². The lowest BCUT2D eigenvalue weighted by molar-refractivity contribution is -0.152. The molecule has 0 saturated heterocycles. The molecule has 0 heterocycles. The molecule has 1 aromatic rings. The summed E-state index contributed by atoms with van der Waals surface area (Å²) in [6.45, 7) is 0. The van der Waals surface area contributed by atoms with Gasteiger partial charge in [-0.15, -0.1) is 0 Å². The summed E-state index contributed by atoms with van der Waals surface area (Å²) in [6.07, 6.45) is -1.33. The Morgan fingerprint density at radius 2 is 1.32 bits per heavy atom. The molecule has 0 fully saturated rings. The van der Waals surface area contributed by atoms with Gasteiger partial charge in [0.2, 0.25) is 0 Å². The van der Waals surface area contributed by atoms with Gasteiger partial charge in [-0.3, -0.25) is 18.9 Å². The van der Waals surface area contributed by atoms with Crippen LogP contribution in [0.25, 0.3) is 0 Å². The van der Waals surface area contributed by atoms with Gasteiger partial charge in [-0.2, -0.15) is 8.42 Å². The summed E-state index contributed by atoms with van der Waals surface area (Å²) in [6, 6.07) is 7.42. The zero-order valence-electron chi connectivity index (χ0n) is 11.1. The Labute approximate surface area is 125 Å². The van der Waals surface area contributed by atoms with E-state index < -0.39 is 46.8 Å². The molecule has 0 radical (unpaired) electrons. The highest BCUT2D eigenvalue weighted by Crippen LogP contribution is 2.08. The Morgan fingerprint density at radius 1 is 0.909 bits per heavy atom. The molecule has 122 valence electrons. The standard InChI is InChI=1S/C6H8O6.C6H6O3S/c7-4(8)1-3(6(11)12)2-5(9)10;7-10(8,9)6-4-2-1-3-5-6/h3H,1-2H2,(H,7,8)(H,9,10)(H,11,12);1-5H,(H,7,8,9). The minimum Gasteiger partial charge on any atom is -0.481 e. The highest BCUT2D eigenvalue weighted by atomic mass is 32.2. The van der Waals surface area contributed by atoms with E-state index in [9.17, 15) is 22.8 Å². The molecular weight excluding hydrogens is 320 g/mol. The van der Waals surface area contributed by atoms with Crippen molar-refractivity contribution in [3.63, 3.8) is 0 Å². The van der Waals surface area contributed by atoms with Crippen molar-refractivity contribution < 1.29 is 42.7 Å². The van der Waals surface area contributed by atoms with E-state index in [2.05, 4.69) is 0 Å². The Hall–Kier alpha value is -2.46. The van der Waals surface area contributed by atoms with Crippen LogP contribution >= 0.6 is 0 Å². The molecule has 0 amide bonds. The molecule has 0 unspecified atom stereocenters. The van der Waals surface area contributed by atoms with Crippen LogP contribution < -0.4 is 0 Å². The number of aliphatic carboxylic acids is 3. The number of hydrogen-bond acceptors (Lipinski definition) is 5. The van der Waals surface area contributed by atoms with Gasteiger partial charge in [0.1, 0.15) is 0 Å². The van der Waals surface area contributed by atoms with E-state index in [1.165, 1.54) is 12.1 Å². The number of carboxylic acids is 3. The second kappa shape index (κ2) is 8.74. The number of carbonyl (C=O) groups is 3. The quantitative estimate of drug-likeness (QED) is 0.544. The summed E-state index contributed by atoms with van der Waals surface area (Å²) < 4.78 is 29.2. The average Bonchev–Trinajstić information content (AvgIpc) is 2.37. The fraction of sp³-hybridized carbons (Fsp3) is 0.250. The smallest absolute Gasteiger partial charge is 0.307 e. The highest BCUT2D eigenvalue weighted by molar-refractivity contribution is 7.85. The number of carboxylic acid groups (broad SMARTS) is 3. The van der Waals surface area contributed by atoms with Crippen molar-refractivity contribution >= 4 is 28.0 Å². The van der Waals surface area contributed by atoms with E-state index in [1.54, 1.807) is 18.2 Å². The van der Waals surface area contributed by atoms with Crippen LogP contribution in [0.1, 0.15) is 12.8 Å². The van der Waals surface area contributed by atoms with E-state index in [-0.39, 0.29) is 4.90 Å². The van der Waals surface area contributed by atoms with Crippen LogP contribution in [-0.2, 0) is 24.5 Å². The lowest BCUT2D eigenvalue weighted by Crippen LogP contribution is -2.20. The molecule has 0 spiro atoms. The van der Waals surface area contributed by atoms with Crippen molar-refractivity contribution in [1.82, 2.24) is 0 Å². The molecule has 1 rings (SSSR count). The van der Waals surface area contributed by atoms with Crippen molar-refractivity contribution in [1.29, 1.82) is 0 Å². The monoisotopic (exact) mass is 334 g/mol. The van der Waals surface area contributed by atoms with Crippen LogP contribution in [0.3, 0.4) is 0 Å². The van der Waals surface area contributed by atoms with Crippen molar-refractivity contribution in [3.8, 4) is 0 Å². The maximum atomic E-state index is 10.4. The van der Waals surface area contributed by atoms with Gasteiger partial charge in [0.05, 0.1) is 23.7 Å². The zero-order valence-corrected chi connectivity index (χ0v) is 11.9. The van der Waals surface area contributed by atoms with Crippen LogP contribution in [0, 0.1) is 5.92 Å². The minimum atomic E-state index is -4.00. The van der Waals surface area contributed by atoms with Crippen LogP contribution in [0.4, 0.5) is 0 Å². The summed E-state index contributed by atoms with van der Waals surface area (Å²) in [5.41, 5.74) is 0. The molecule has 0 aliphatic rings. The van der Waals surface area contributed by atoms with Gasteiger partial charge < -0.3 is 15.3 Å². The van der Waals surface area contributed by atoms with E-state index in [4.69, 9.17) is 19.9 Å². The highest BCUT2D eigenvalue weighted by Gasteiger charge is 2.23. The molecule has 1 aromatic carbocycles. The summed E-state index contributed by atoms with van der Waals surface area (Å²) in [5, 5.41) is 24.7. The summed E-state index contributed by atoms with van der Waals surface area (Å²) in [4.78, 5) is 30.2. The molecule has 0 aromatic heterocycles. The molecule has 0 saturated carbocycles. The van der Waals surface area contributed by atoms with Gasteiger partial charge >= 0.3 is 17.9 Å². The first-order valence-corrected chi connectivity index (χ1v) is 7.17. The molecule has 0 aliphatic carbocycles. The maximum absolute atomic E-state index is 10.4. The van der Waals surface area contributed by atoms with Gasteiger partial charge in [0.25, 0.3) is 10.1 Å². The number of benzene rings is 1. The third-order valence-corrected chi connectivity index (χ3v) is 3.10. The van der Waals surface area contributed by atoms with Gasteiger partial charge in [-0.1, -0.05) is 18.2 Å². The molecule has 22 heavy (non-hydrogen) atoms. The van der Waals surface area contributed by atoms with Gasteiger partial charge in [-0.25, -0.2) is 0 Å². The first-order chi connectivity index (χ1) is 10.0. The van der Waals surface area contributed by atoms with E-state index in [0.717, 1.165) is 0 Å². The topological polar surface area (TPSA) is 166 Å². The summed E-state index contributed by atoms with van der Waals surface area (Å²) >= 11 is 0. The Balaban J connectivity index is 0.000000406. The van der Waals surface area contributed by atoms with Gasteiger partial charge in [-0.05, 0) is 12.1 Å². The second-order valence-electron chi connectivity index (χ2n) is 4.02. The third-order valence-electron chi connectivity index (χ3n) is 2.23.